The number of amides is 4. The average molecular weight is 1510 g/mol. The Kier molecular flexibility index (Phi) is 28.3. The van der Waals surface area contributed by atoms with E-state index in [0.717, 1.165) is 45.0 Å². The van der Waals surface area contributed by atoms with E-state index in [1.54, 1.807) is 13.0 Å². The van der Waals surface area contributed by atoms with Crippen LogP contribution >= 0.6 is 34.0 Å². The number of para-hydroxylation sites is 1. The van der Waals surface area contributed by atoms with E-state index in [0.29, 0.717) is 93.6 Å². The molecule has 7 heterocycles. The lowest BCUT2D eigenvalue weighted by Gasteiger charge is -2.28. The van der Waals surface area contributed by atoms with Crippen LogP contribution in [-0.2, 0) is 84.6 Å². The third-order valence-electron chi connectivity index (χ3n) is 17.3. The molecule has 25 nitrogen and oxygen atoms in total. The molecule has 0 unspecified atom stereocenters. The van der Waals surface area contributed by atoms with Crippen molar-refractivity contribution in [2.75, 3.05) is 83.9 Å². The third-order valence-corrected chi connectivity index (χ3v) is 30.9. The Hall–Kier alpha value is -5.71. The van der Waals surface area contributed by atoms with Gasteiger partial charge >= 0.3 is 0 Å². The number of carbonyl (C=O) groups is 4. The molecule has 6 aromatic rings. The molecule has 32 heteroatoms. The zero-order valence-corrected chi connectivity index (χ0v) is 65.2. The number of anilines is 4. The number of nitrogens with one attached hydrogen (secondary N) is 4. The Morgan fingerprint density at radius 3 is 1.36 bits per heavy atom. The number of aromatic nitrogens is 5. The standard InChI is InChI=1S/C19H24N2O4S2.C17H22N2O4S2.C16H27N3O4S2.C15H26N2O4S/c1-19(2,27(23,24)13-14-8-10-25-11-9-14)17(22)21-18-20-16(12-26-18)15-6-4-3-5-7-15;1-17(2,25(21,22)11-12-7-9-23-10-8-12)15(20)19-16-18-13-5-3-4-6-14(13)24-16;1-15(2,3)13-18-19-14(24-13)17-12(20)16(4,5)25(21,22)10-11-6-8-23-9-7-11;1-7-8-22(19,20)15(5,6)13(18)16-12-9-11(17-21-12)10-14(2,3)4/h3-7,12,14H,8-11,13H2,1-2H3,(H,20,21,22);3-6,12H,7-11H2,1-2H3,(H,18,19,20);11H,6-10H2,1-5H3,(H,17,19,20);9H,7-8,10H2,1-6H3,(H,16,18). The summed E-state index contributed by atoms with van der Waals surface area (Å²) in [5, 5.41) is 26.2. The first kappa shape index (κ1) is 82.2. The second kappa shape index (κ2) is 34.1. The van der Waals surface area contributed by atoms with Crippen LogP contribution < -0.4 is 21.3 Å². The van der Waals surface area contributed by atoms with Crippen LogP contribution in [0, 0.1) is 23.2 Å². The minimum atomic E-state index is -3.61. The van der Waals surface area contributed by atoms with Crippen molar-refractivity contribution < 1.29 is 71.6 Å². The number of thiazole rings is 2. The zero-order chi connectivity index (χ0) is 73.6. The highest BCUT2D eigenvalue weighted by Gasteiger charge is 2.47. The number of hydrogen-bond donors (Lipinski definition) is 4. The molecule has 3 aliphatic rings. The summed E-state index contributed by atoms with van der Waals surface area (Å²) in [6.45, 7) is 29.0. The van der Waals surface area contributed by atoms with Crippen LogP contribution in [0.1, 0.15) is 160 Å². The van der Waals surface area contributed by atoms with E-state index in [-0.39, 0.29) is 57.5 Å². The summed E-state index contributed by atoms with van der Waals surface area (Å²) < 4.78 is 117. The average Bonchev–Trinajstić information content (AvgIpc) is 1.80. The molecule has 0 spiro atoms. The Balaban J connectivity index is 0.000000209. The van der Waals surface area contributed by atoms with Crippen molar-refractivity contribution >= 4 is 128 Å². The van der Waals surface area contributed by atoms with E-state index in [1.807, 2.05) is 80.7 Å². The number of sulfone groups is 4. The monoisotopic (exact) mass is 1510 g/mol. The fourth-order valence-electron chi connectivity index (χ4n) is 9.96. The maximum Gasteiger partial charge on any atom is 0.247 e. The predicted octanol–water partition coefficient (Wildman–Crippen LogP) is 11.4. The molecule has 0 saturated carbocycles. The van der Waals surface area contributed by atoms with Crippen LogP contribution in [0.3, 0.4) is 0 Å². The van der Waals surface area contributed by atoms with Gasteiger partial charge in [-0.05, 0) is 142 Å². The molecule has 0 aliphatic carbocycles. The van der Waals surface area contributed by atoms with E-state index in [9.17, 15) is 52.8 Å². The second-order valence-corrected chi connectivity index (χ2v) is 42.4. The van der Waals surface area contributed by atoms with Gasteiger partial charge in [0.05, 0.1) is 44.6 Å². The highest BCUT2D eigenvalue weighted by atomic mass is 32.2. The Morgan fingerprint density at radius 2 is 0.929 bits per heavy atom. The lowest BCUT2D eigenvalue weighted by atomic mass is 9.91. The van der Waals surface area contributed by atoms with Crippen LogP contribution in [0.5, 0.6) is 0 Å². The summed E-state index contributed by atoms with van der Waals surface area (Å²) in [6.07, 6.45) is 5.45. The molecule has 0 atom stereocenters. The molecule has 550 valence electrons. The van der Waals surface area contributed by atoms with Gasteiger partial charge in [0.2, 0.25) is 34.6 Å². The molecule has 0 bridgehead atoms. The van der Waals surface area contributed by atoms with Crippen molar-refractivity contribution in [1.82, 2.24) is 25.3 Å². The van der Waals surface area contributed by atoms with Gasteiger partial charge in [-0.2, -0.15) is 0 Å². The van der Waals surface area contributed by atoms with E-state index in [4.69, 9.17) is 18.7 Å². The lowest BCUT2D eigenvalue weighted by molar-refractivity contribution is -0.118. The Labute approximate surface area is 596 Å². The van der Waals surface area contributed by atoms with E-state index in [1.165, 1.54) is 89.4 Å². The predicted molar refractivity (Wildman–Crippen MR) is 392 cm³/mol. The first-order valence-electron chi connectivity index (χ1n) is 33.0. The van der Waals surface area contributed by atoms with Crippen molar-refractivity contribution in [3.05, 3.63) is 76.7 Å². The maximum absolute atomic E-state index is 12.9. The Morgan fingerprint density at radius 1 is 0.505 bits per heavy atom. The van der Waals surface area contributed by atoms with Gasteiger partial charge in [-0.1, -0.05) is 119 Å². The normalized spacial score (nSPS) is 16.0. The second-order valence-electron chi connectivity index (χ2n) is 29.2. The number of hydrogen-bond acceptors (Lipinski definition) is 24. The van der Waals surface area contributed by atoms with Gasteiger partial charge in [-0.15, -0.1) is 21.5 Å². The number of nitrogens with zero attached hydrogens (tertiary/aromatic N) is 5. The van der Waals surface area contributed by atoms with Gasteiger partial charge < -0.3 is 29.4 Å². The highest BCUT2D eigenvalue weighted by molar-refractivity contribution is 7.94. The largest absolute Gasteiger partial charge is 0.381 e. The van der Waals surface area contributed by atoms with Crippen molar-refractivity contribution in [1.29, 1.82) is 0 Å². The summed E-state index contributed by atoms with van der Waals surface area (Å²) in [5.41, 5.74) is 3.06. The van der Waals surface area contributed by atoms with E-state index >= 15 is 0 Å². The summed E-state index contributed by atoms with van der Waals surface area (Å²) in [4.78, 5) is 59.0. The van der Waals surface area contributed by atoms with Crippen molar-refractivity contribution in [3.8, 4) is 11.3 Å². The van der Waals surface area contributed by atoms with E-state index in [2.05, 4.69) is 67.4 Å². The number of carbonyl (C=O) groups excluding carboxylic acids is 4. The molecular formula is C67H99N9O16S7. The molecule has 3 saturated heterocycles. The molecule has 3 aliphatic heterocycles. The zero-order valence-electron chi connectivity index (χ0n) is 59.4. The first-order valence-corrected chi connectivity index (χ1v) is 42.1. The molecular weight excluding hydrogens is 1410 g/mol. The van der Waals surface area contributed by atoms with Gasteiger partial charge in [0.1, 0.15) is 24.0 Å². The molecule has 0 radical (unpaired) electrons. The Bertz CT molecular complexity index is 4120. The van der Waals surface area contributed by atoms with Gasteiger partial charge in [0.25, 0.3) is 0 Å². The molecule has 4 N–H and O–H groups in total. The number of ether oxygens (including phenoxy) is 3. The summed E-state index contributed by atoms with van der Waals surface area (Å²) in [5.74, 6) is -1.99. The molecule has 99 heavy (non-hydrogen) atoms. The van der Waals surface area contributed by atoms with Crippen LogP contribution in [0.4, 0.5) is 21.3 Å². The van der Waals surface area contributed by atoms with Crippen LogP contribution in [-0.4, -0.2) is 164 Å². The number of rotatable bonds is 22. The molecule has 4 aromatic heterocycles. The van der Waals surface area contributed by atoms with Gasteiger partial charge in [0, 0.05) is 62.1 Å². The van der Waals surface area contributed by atoms with Gasteiger partial charge in [-0.25, -0.2) is 43.6 Å². The van der Waals surface area contributed by atoms with Gasteiger partial charge in [-0.3, -0.25) is 29.8 Å². The maximum atomic E-state index is 12.9. The topological polar surface area (TPSA) is 358 Å². The van der Waals surface area contributed by atoms with Crippen molar-refractivity contribution in [2.24, 2.45) is 23.2 Å². The third kappa shape index (κ3) is 22.6. The van der Waals surface area contributed by atoms with Crippen molar-refractivity contribution in [3.63, 3.8) is 0 Å². The molecule has 2 aromatic carbocycles. The summed E-state index contributed by atoms with van der Waals surface area (Å²) in [7, 11) is -14.4. The fraction of sp³-hybridized carbons (Fsp3) is 0.627. The summed E-state index contributed by atoms with van der Waals surface area (Å²) >= 11 is 3.88. The molecule has 9 rings (SSSR count). The van der Waals surface area contributed by atoms with E-state index < -0.39 is 82.0 Å². The fourth-order valence-corrected chi connectivity index (χ4v) is 18.8. The smallest absolute Gasteiger partial charge is 0.247 e. The van der Waals surface area contributed by atoms with Crippen LogP contribution in [0.2, 0.25) is 0 Å². The first-order chi connectivity index (χ1) is 45.9. The SMILES string of the molecule is CC(C)(C(=O)Nc1nc(-c2ccccc2)cs1)S(=O)(=O)CC1CCOCC1.CC(C)(C(=O)Nc1nc2ccccc2s1)S(=O)(=O)CC1CCOCC1.CC(C)(C)c1nnc(NC(=O)C(C)(C)S(=O)(=O)CC2CCOCC2)s1.CCCS(=O)(=O)C(C)(C)C(=O)Nc1cc(CC(C)(C)C)no1. The minimum absolute atomic E-state index is 0.000139. The number of benzene rings is 2. The molecule has 4 amide bonds. The van der Waals surface area contributed by atoms with Gasteiger partial charge in [0.15, 0.2) is 49.6 Å². The molecule has 3 fully saturated rings. The lowest BCUT2D eigenvalue weighted by Crippen LogP contribution is -2.47. The van der Waals surface area contributed by atoms with Crippen LogP contribution in [0.15, 0.2) is 70.6 Å². The minimum Gasteiger partial charge on any atom is -0.381 e. The van der Waals surface area contributed by atoms with Crippen molar-refractivity contribution in [2.45, 2.75) is 180 Å². The number of fused-ring (bicyclic) bond motifs is 1. The quantitative estimate of drug-likeness (QED) is 0.0490. The highest BCUT2D eigenvalue weighted by Crippen LogP contribution is 2.34. The summed E-state index contributed by atoms with van der Waals surface area (Å²) in [6, 6.07) is 18.8. The van der Waals surface area contributed by atoms with Crippen LogP contribution in [0.25, 0.3) is 21.5 Å².